The lowest BCUT2D eigenvalue weighted by atomic mass is 9.80. The van der Waals surface area contributed by atoms with E-state index >= 15 is 0 Å². The summed E-state index contributed by atoms with van der Waals surface area (Å²) in [5, 5.41) is 14.0. The van der Waals surface area contributed by atoms with Gasteiger partial charge in [0.05, 0.1) is 6.10 Å². The van der Waals surface area contributed by atoms with Crippen molar-refractivity contribution >= 4 is 6.03 Å². The molecule has 1 aliphatic heterocycles. The van der Waals surface area contributed by atoms with Gasteiger partial charge in [0.15, 0.2) is 0 Å². The predicted octanol–water partition coefficient (Wildman–Crippen LogP) is 1.31. The van der Waals surface area contributed by atoms with Gasteiger partial charge in [0.2, 0.25) is 0 Å². The van der Waals surface area contributed by atoms with Crippen LogP contribution in [-0.4, -0.2) is 48.3 Å². The van der Waals surface area contributed by atoms with E-state index in [1.807, 2.05) is 7.05 Å². The minimum absolute atomic E-state index is 0.0873. The Morgan fingerprint density at radius 2 is 1.95 bits per heavy atom. The van der Waals surface area contributed by atoms with Gasteiger partial charge >= 0.3 is 6.03 Å². The molecule has 0 spiro atoms. The van der Waals surface area contributed by atoms with Crippen LogP contribution in [0.2, 0.25) is 0 Å². The normalized spacial score (nSPS) is 27.5. The van der Waals surface area contributed by atoms with Gasteiger partial charge in [0.1, 0.15) is 0 Å². The van der Waals surface area contributed by atoms with E-state index in [4.69, 9.17) is 5.73 Å². The van der Waals surface area contributed by atoms with Gasteiger partial charge in [-0.15, -0.1) is 0 Å². The summed E-state index contributed by atoms with van der Waals surface area (Å²) < 4.78 is 0. The van der Waals surface area contributed by atoms with Crippen LogP contribution in [0.15, 0.2) is 0 Å². The minimum atomic E-state index is -0.338. The molecular weight excluding hydrogens is 254 g/mol. The summed E-state index contributed by atoms with van der Waals surface area (Å²) in [7, 11) is 1.91. The molecule has 2 aliphatic rings. The van der Waals surface area contributed by atoms with E-state index < -0.39 is 0 Å². The zero-order valence-corrected chi connectivity index (χ0v) is 12.6. The molecule has 2 fully saturated rings. The van der Waals surface area contributed by atoms with E-state index in [2.05, 4.69) is 5.32 Å². The summed E-state index contributed by atoms with van der Waals surface area (Å²) in [5.41, 5.74) is 5.53. The number of likely N-dealkylation sites (tertiary alicyclic amines) is 1. The highest BCUT2D eigenvalue weighted by Crippen LogP contribution is 2.34. The summed E-state index contributed by atoms with van der Waals surface area (Å²) in [4.78, 5) is 13.4. The summed E-state index contributed by atoms with van der Waals surface area (Å²) in [5.74, 6) is 0.487. The predicted molar refractivity (Wildman–Crippen MR) is 79.3 cm³/mol. The van der Waals surface area contributed by atoms with E-state index in [-0.39, 0.29) is 24.1 Å². The van der Waals surface area contributed by atoms with Crippen molar-refractivity contribution in [3.8, 4) is 0 Å². The van der Waals surface area contributed by atoms with Crippen LogP contribution in [0.1, 0.15) is 44.9 Å². The van der Waals surface area contributed by atoms with Crippen LogP contribution in [0, 0.1) is 11.8 Å². The molecule has 1 aliphatic carbocycles. The molecule has 5 nitrogen and oxygen atoms in total. The van der Waals surface area contributed by atoms with Crippen molar-refractivity contribution in [3.05, 3.63) is 0 Å². The minimum Gasteiger partial charge on any atom is -0.392 e. The second kappa shape index (κ2) is 7.27. The van der Waals surface area contributed by atoms with Crippen molar-refractivity contribution in [2.75, 3.05) is 20.1 Å². The van der Waals surface area contributed by atoms with E-state index in [0.29, 0.717) is 5.92 Å². The summed E-state index contributed by atoms with van der Waals surface area (Å²) in [6.07, 6.45) is 7.44. The van der Waals surface area contributed by atoms with Crippen LogP contribution in [0.5, 0.6) is 0 Å². The van der Waals surface area contributed by atoms with Crippen LogP contribution in [0.25, 0.3) is 0 Å². The zero-order valence-electron chi connectivity index (χ0n) is 12.6. The van der Waals surface area contributed by atoms with Gasteiger partial charge in [-0.25, -0.2) is 4.79 Å². The Labute approximate surface area is 121 Å². The van der Waals surface area contributed by atoms with Crippen molar-refractivity contribution in [1.29, 1.82) is 0 Å². The van der Waals surface area contributed by atoms with Gasteiger partial charge in [0.25, 0.3) is 0 Å². The third-order valence-electron chi connectivity index (χ3n) is 5.09. The van der Waals surface area contributed by atoms with Gasteiger partial charge < -0.3 is 21.1 Å². The molecule has 0 radical (unpaired) electrons. The molecule has 0 aromatic rings. The second-order valence-electron chi connectivity index (χ2n) is 6.35. The Kier molecular flexibility index (Phi) is 5.66. The highest BCUT2D eigenvalue weighted by atomic mass is 16.3. The number of carbonyl (C=O) groups is 1. The van der Waals surface area contributed by atoms with E-state index in [1.165, 1.54) is 12.8 Å². The Hall–Kier alpha value is -0.810. The number of hydrogen-bond acceptors (Lipinski definition) is 3. The number of urea groups is 1. The topological polar surface area (TPSA) is 78.6 Å². The molecule has 1 saturated carbocycles. The molecule has 1 saturated heterocycles. The smallest absolute Gasteiger partial charge is 0.315 e. The van der Waals surface area contributed by atoms with E-state index in [0.717, 1.165) is 45.2 Å². The molecule has 2 amide bonds. The van der Waals surface area contributed by atoms with Gasteiger partial charge in [-0.1, -0.05) is 12.8 Å². The molecule has 0 bridgehead atoms. The first-order valence-corrected chi connectivity index (χ1v) is 8.04. The maximum Gasteiger partial charge on any atom is 0.315 e. The fourth-order valence-electron chi connectivity index (χ4n) is 4.04. The van der Waals surface area contributed by atoms with Gasteiger partial charge in [0, 0.05) is 25.0 Å². The standard InChI is InChI=1S/C15H29N3O2/c1-17-10-12(14(19)11-6-2-3-7-11)13-8-4-5-9-18(13)15(16)20/h11-14,17,19H,2-10H2,1H3,(H2,16,20)/t12-,13?,14+/m1/s1. The number of carbonyl (C=O) groups excluding carboxylic acids is 1. The second-order valence-corrected chi connectivity index (χ2v) is 6.35. The van der Waals surface area contributed by atoms with Crippen LogP contribution < -0.4 is 11.1 Å². The van der Waals surface area contributed by atoms with Crippen LogP contribution in [-0.2, 0) is 0 Å². The number of aliphatic hydroxyl groups excluding tert-OH is 1. The third-order valence-corrected chi connectivity index (χ3v) is 5.09. The Balaban J connectivity index is 2.10. The average molecular weight is 283 g/mol. The van der Waals surface area contributed by atoms with Crippen LogP contribution >= 0.6 is 0 Å². The third kappa shape index (κ3) is 3.44. The maximum absolute atomic E-state index is 11.7. The molecule has 4 N–H and O–H groups in total. The number of aliphatic hydroxyl groups is 1. The number of rotatable bonds is 5. The van der Waals surface area contributed by atoms with E-state index in [1.54, 1.807) is 4.90 Å². The average Bonchev–Trinajstić information content (AvgIpc) is 2.98. The highest BCUT2D eigenvalue weighted by Gasteiger charge is 2.39. The summed E-state index contributed by atoms with van der Waals surface area (Å²) >= 11 is 0. The molecule has 1 unspecified atom stereocenters. The maximum atomic E-state index is 11.7. The number of nitrogens with two attached hydrogens (primary N) is 1. The molecule has 2 rings (SSSR count). The molecule has 20 heavy (non-hydrogen) atoms. The van der Waals surface area contributed by atoms with Gasteiger partial charge in [-0.2, -0.15) is 0 Å². The molecular formula is C15H29N3O2. The van der Waals surface area contributed by atoms with Crippen LogP contribution in [0.3, 0.4) is 0 Å². The Morgan fingerprint density at radius 3 is 2.55 bits per heavy atom. The fraction of sp³-hybridized carbons (Fsp3) is 0.933. The largest absolute Gasteiger partial charge is 0.392 e. The summed E-state index contributed by atoms with van der Waals surface area (Å²) in [6.45, 7) is 1.48. The SMILES string of the molecule is CNC[C@H](C1CCCCN1C(N)=O)[C@@H](O)C1CCCC1. The molecule has 0 aromatic carbocycles. The van der Waals surface area contributed by atoms with Crippen molar-refractivity contribution in [2.24, 2.45) is 17.6 Å². The monoisotopic (exact) mass is 283 g/mol. The number of hydrogen-bond donors (Lipinski definition) is 3. The fourth-order valence-corrected chi connectivity index (χ4v) is 4.04. The molecule has 1 heterocycles. The number of piperidine rings is 1. The lowest BCUT2D eigenvalue weighted by molar-refractivity contribution is 0.00334. The van der Waals surface area contributed by atoms with Crippen molar-refractivity contribution < 1.29 is 9.90 Å². The molecule has 0 aromatic heterocycles. The number of nitrogens with one attached hydrogen (secondary N) is 1. The van der Waals surface area contributed by atoms with Crippen molar-refractivity contribution in [2.45, 2.75) is 57.1 Å². The van der Waals surface area contributed by atoms with Crippen LogP contribution in [0.4, 0.5) is 4.79 Å². The number of primary amides is 1. The quantitative estimate of drug-likeness (QED) is 0.712. The number of amides is 2. The van der Waals surface area contributed by atoms with E-state index in [9.17, 15) is 9.90 Å². The Bertz CT molecular complexity index is 318. The lowest BCUT2D eigenvalue weighted by Gasteiger charge is -2.42. The first kappa shape index (κ1) is 15.6. The summed E-state index contributed by atoms with van der Waals surface area (Å²) in [6, 6.07) is -0.251. The zero-order chi connectivity index (χ0) is 14.5. The lowest BCUT2D eigenvalue weighted by Crippen LogP contribution is -2.55. The highest BCUT2D eigenvalue weighted by molar-refractivity contribution is 5.72. The van der Waals surface area contributed by atoms with Crippen molar-refractivity contribution in [3.63, 3.8) is 0 Å². The van der Waals surface area contributed by atoms with Gasteiger partial charge in [-0.05, 0) is 45.1 Å². The first-order valence-electron chi connectivity index (χ1n) is 8.04. The number of nitrogens with zero attached hydrogens (tertiary/aromatic N) is 1. The molecule has 116 valence electrons. The molecule has 3 atom stereocenters. The Morgan fingerprint density at radius 1 is 1.30 bits per heavy atom. The van der Waals surface area contributed by atoms with Gasteiger partial charge in [-0.3, -0.25) is 0 Å². The van der Waals surface area contributed by atoms with Crippen molar-refractivity contribution in [1.82, 2.24) is 10.2 Å². The first-order chi connectivity index (χ1) is 9.65. The molecule has 5 heteroatoms.